The van der Waals surface area contributed by atoms with Crippen molar-refractivity contribution in [1.82, 2.24) is 15.5 Å². The summed E-state index contributed by atoms with van der Waals surface area (Å²) in [6.45, 7) is 2.53. The number of carbonyl (C=O) groups excluding carboxylic acids is 1. The Hall–Kier alpha value is -0.840. The van der Waals surface area contributed by atoms with Gasteiger partial charge < -0.3 is 5.32 Å². The van der Waals surface area contributed by atoms with Gasteiger partial charge in [-0.3, -0.25) is 9.89 Å². The topological polar surface area (TPSA) is 57.8 Å². The smallest absolute Gasteiger partial charge is 0.254 e. The molecule has 0 aromatic carbocycles. The average Bonchev–Trinajstić information content (AvgIpc) is 2.98. The Morgan fingerprint density at radius 1 is 1.80 bits per heavy atom. The van der Waals surface area contributed by atoms with Gasteiger partial charge in [0.2, 0.25) is 0 Å². The van der Waals surface area contributed by atoms with Crippen molar-refractivity contribution in [3.63, 3.8) is 0 Å². The molecule has 1 aliphatic rings. The van der Waals surface area contributed by atoms with E-state index in [-0.39, 0.29) is 5.91 Å². The van der Waals surface area contributed by atoms with Gasteiger partial charge in [-0.15, -0.1) is 0 Å². The third-order valence-electron chi connectivity index (χ3n) is 2.67. The minimum absolute atomic E-state index is 0.0497. The number of nitrogens with one attached hydrogen (secondary N) is 2. The lowest BCUT2D eigenvalue weighted by Gasteiger charge is -2.09. The second-order valence-corrected chi connectivity index (χ2v) is 5.15. The second kappa shape index (κ2) is 4.35. The van der Waals surface area contributed by atoms with Crippen molar-refractivity contribution in [3.8, 4) is 0 Å². The number of aryl methyl sites for hydroxylation is 1. The van der Waals surface area contributed by atoms with Crippen molar-refractivity contribution >= 4 is 21.8 Å². The number of aromatic nitrogens is 2. The number of halogens is 1. The van der Waals surface area contributed by atoms with E-state index in [0.29, 0.717) is 16.9 Å². The molecule has 1 heterocycles. The molecule has 0 aliphatic heterocycles. The van der Waals surface area contributed by atoms with Gasteiger partial charge in [0.1, 0.15) is 0 Å². The minimum atomic E-state index is -0.0497. The maximum Gasteiger partial charge on any atom is 0.254 e. The molecule has 1 amide bonds. The fourth-order valence-corrected chi connectivity index (χ4v) is 2.18. The molecule has 1 aromatic heterocycles. The Bertz CT molecular complexity index is 359. The van der Waals surface area contributed by atoms with E-state index in [1.165, 1.54) is 12.8 Å². The van der Waals surface area contributed by atoms with Crippen LogP contribution < -0.4 is 5.32 Å². The molecule has 1 aromatic rings. The zero-order chi connectivity index (χ0) is 10.8. The van der Waals surface area contributed by atoms with Crippen LogP contribution in [0.5, 0.6) is 0 Å². The molecular formula is C10H14BrN3O. The first-order valence-corrected chi connectivity index (χ1v) is 6.02. The summed E-state index contributed by atoms with van der Waals surface area (Å²) in [6.07, 6.45) is 4.11. The molecule has 5 heteroatoms. The molecule has 1 aliphatic carbocycles. The highest BCUT2D eigenvalue weighted by Gasteiger charge is 2.29. The number of hydrogen-bond donors (Lipinski definition) is 2. The number of H-pyrrole nitrogens is 1. The zero-order valence-corrected chi connectivity index (χ0v) is 10.2. The molecule has 1 saturated carbocycles. The summed E-state index contributed by atoms with van der Waals surface area (Å²) in [4.78, 5) is 12.1. The van der Waals surface area contributed by atoms with Crippen LogP contribution in [-0.4, -0.2) is 27.5 Å². The molecule has 0 bridgehead atoms. The summed E-state index contributed by atoms with van der Waals surface area (Å²) >= 11 is 3.58. The van der Waals surface area contributed by atoms with Crippen LogP contribution in [0.4, 0.5) is 0 Å². The van der Waals surface area contributed by atoms with Crippen LogP contribution in [0.3, 0.4) is 0 Å². The van der Waals surface area contributed by atoms with Gasteiger partial charge in [0.05, 0.1) is 11.8 Å². The van der Waals surface area contributed by atoms with Crippen LogP contribution in [0.25, 0.3) is 0 Å². The molecule has 1 unspecified atom stereocenters. The lowest BCUT2D eigenvalue weighted by Crippen LogP contribution is -2.30. The molecule has 0 spiro atoms. The van der Waals surface area contributed by atoms with E-state index in [1.807, 2.05) is 6.92 Å². The van der Waals surface area contributed by atoms with Crippen LogP contribution in [0.15, 0.2) is 6.20 Å². The average molecular weight is 272 g/mol. The number of nitrogens with zero attached hydrogens (tertiary/aromatic N) is 1. The van der Waals surface area contributed by atoms with E-state index in [1.54, 1.807) is 6.20 Å². The highest BCUT2D eigenvalue weighted by Crippen LogP contribution is 2.36. The zero-order valence-electron chi connectivity index (χ0n) is 8.59. The van der Waals surface area contributed by atoms with E-state index in [9.17, 15) is 4.79 Å². The number of carbonyl (C=O) groups is 1. The van der Waals surface area contributed by atoms with Gasteiger partial charge in [-0.1, -0.05) is 15.9 Å². The van der Waals surface area contributed by atoms with Gasteiger partial charge in [0.15, 0.2) is 0 Å². The summed E-state index contributed by atoms with van der Waals surface area (Å²) in [5.74, 6) is 0.696. The van der Waals surface area contributed by atoms with E-state index < -0.39 is 0 Å². The Labute approximate surface area is 97.0 Å². The number of alkyl halides is 1. The van der Waals surface area contributed by atoms with Gasteiger partial charge >= 0.3 is 0 Å². The van der Waals surface area contributed by atoms with E-state index in [4.69, 9.17) is 0 Å². The third kappa shape index (κ3) is 2.59. The summed E-state index contributed by atoms with van der Waals surface area (Å²) < 4.78 is 0. The molecule has 0 saturated heterocycles. The van der Waals surface area contributed by atoms with Crippen molar-refractivity contribution in [3.05, 3.63) is 17.5 Å². The van der Waals surface area contributed by atoms with Gasteiger partial charge in [-0.2, -0.15) is 5.10 Å². The molecule has 15 heavy (non-hydrogen) atoms. The van der Waals surface area contributed by atoms with Gasteiger partial charge in [-0.25, -0.2) is 0 Å². The van der Waals surface area contributed by atoms with Crippen LogP contribution in [0.2, 0.25) is 0 Å². The lowest BCUT2D eigenvalue weighted by molar-refractivity contribution is 0.0953. The first-order valence-electron chi connectivity index (χ1n) is 5.10. The predicted molar refractivity (Wildman–Crippen MR) is 61.1 cm³/mol. The maximum atomic E-state index is 11.7. The van der Waals surface area contributed by atoms with Crippen molar-refractivity contribution in [2.75, 3.05) is 6.54 Å². The van der Waals surface area contributed by atoms with Crippen LogP contribution in [0, 0.1) is 12.8 Å². The summed E-state index contributed by atoms with van der Waals surface area (Å²) in [5.41, 5.74) is 1.44. The molecule has 1 fully saturated rings. The lowest BCUT2D eigenvalue weighted by atomic mass is 10.2. The van der Waals surface area contributed by atoms with E-state index >= 15 is 0 Å². The molecule has 0 radical (unpaired) electrons. The summed E-state index contributed by atoms with van der Waals surface area (Å²) in [6, 6.07) is 0. The van der Waals surface area contributed by atoms with Crippen molar-refractivity contribution in [2.24, 2.45) is 5.92 Å². The quantitative estimate of drug-likeness (QED) is 0.818. The molecule has 2 rings (SSSR count). The fourth-order valence-electron chi connectivity index (χ4n) is 1.49. The highest BCUT2D eigenvalue weighted by atomic mass is 79.9. The fraction of sp³-hybridized carbons (Fsp3) is 0.600. The van der Waals surface area contributed by atoms with E-state index in [0.717, 1.165) is 11.6 Å². The molecule has 2 N–H and O–H groups in total. The maximum absolute atomic E-state index is 11.7. The molecule has 82 valence electrons. The summed E-state index contributed by atoms with van der Waals surface area (Å²) in [5, 5.41) is 9.47. The monoisotopic (exact) mass is 271 g/mol. The molecular weight excluding hydrogens is 258 g/mol. The first-order chi connectivity index (χ1) is 7.18. The minimum Gasteiger partial charge on any atom is -0.351 e. The van der Waals surface area contributed by atoms with Gasteiger partial charge in [-0.05, 0) is 25.7 Å². The number of rotatable bonds is 4. The van der Waals surface area contributed by atoms with Crippen molar-refractivity contribution < 1.29 is 4.79 Å². The number of hydrogen-bond acceptors (Lipinski definition) is 2. The van der Waals surface area contributed by atoms with Crippen LogP contribution in [0.1, 0.15) is 28.9 Å². The van der Waals surface area contributed by atoms with E-state index in [2.05, 4.69) is 31.4 Å². The van der Waals surface area contributed by atoms with Gasteiger partial charge in [0, 0.05) is 17.1 Å². The number of amides is 1. The molecule has 1 atom stereocenters. The van der Waals surface area contributed by atoms with Crippen molar-refractivity contribution in [2.45, 2.75) is 24.6 Å². The Morgan fingerprint density at radius 3 is 3.07 bits per heavy atom. The van der Waals surface area contributed by atoms with Gasteiger partial charge in [0.25, 0.3) is 5.91 Å². The van der Waals surface area contributed by atoms with Crippen LogP contribution >= 0.6 is 15.9 Å². The Kier molecular flexibility index (Phi) is 3.09. The summed E-state index contributed by atoms with van der Waals surface area (Å²) in [7, 11) is 0. The first kappa shape index (κ1) is 10.7. The van der Waals surface area contributed by atoms with Crippen molar-refractivity contribution in [1.29, 1.82) is 0 Å². The molecule has 4 nitrogen and oxygen atoms in total. The largest absolute Gasteiger partial charge is 0.351 e. The Morgan fingerprint density at radius 2 is 2.53 bits per heavy atom. The SMILES string of the molecule is Cc1[nH]ncc1C(=O)NCC(Br)C1CC1. The standard InChI is InChI=1S/C10H14BrN3O/c1-6-8(4-13-14-6)10(15)12-5-9(11)7-2-3-7/h4,7,9H,2-3,5H2,1H3,(H,12,15)(H,13,14). The number of aromatic amines is 1. The third-order valence-corrected chi connectivity index (χ3v) is 3.74. The van der Waals surface area contributed by atoms with Crippen LogP contribution in [-0.2, 0) is 0 Å². The second-order valence-electron chi connectivity index (χ2n) is 3.97. The Balaban J connectivity index is 1.84. The highest BCUT2D eigenvalue weighted by molar-refractivity contribution is 9.09. The predicted octanol–water partition coefficient (Wildman–Crippen LogP) is 1.62. The normalized spacial score (nSPS) is 17.5.